The van der Waals surface area contributed by atoms with Crippen LogP contribution in [-0.2, 0) is 11.4 Å². The van der Waals surface area contributed by atoms with Crippen LogP contribution in [0, 0.1) is 0 Å². The molecule has 0 aliphatic rings. The molecule has 0 saturated carbocycles. The number of thiazole rings is 1. The van der Waals surface area contributed by atoms with E-state index in [1.54, 1.807) is 6.08 Å². The molecule has 1 heterocycles. The summed E-state index contributed by atoms with van der Waals surface area (Å²) in [5.41, 5.74) is 4.26. The molecular weight excluding hydrogens is 416 g/mol. The van der Waals surface area contributed by atoms with Gasteiger partial charge in [-0.05, 0) is 59.4 Å². The number of fused-ring (bicyclic) bond motifs is 1. The molecule has 0 saturated heterocycles. The molecule has 4 rings (SSSR count). The summed E-state index contributed by atoms with van der Waals surface area (Å²) < 4.78 is 6.89. The van der Waals surface area contributed by atoms with Gasteiger partial charge in [0.05, 0.1) is 10.2 Å². The number of carbonyl (C=O) groups is 1. The fourth-order valence-electron chi connectivity index (χ4n) is 3.27. The Bertz CT molecular complexity index is 1210. The van der Waals surface area contributed by atoms with Gasteiger partial charge in [-0.2, -0.15) is 0 Å². The van der Waals surface area contributed by atoms with E-state index in [1.165, 1.54) is 23.0 Å². The SMILES string of the molecule is CCC(C)c1ccc2nc(NC(=O)/C=C/c3ccc(OCc4ccccc4)cc3)sc2c1. The van der Waals surface area contributed by atoms with Crippen LogP contribution in [0.5, 0.6) is 5.75 Å². The predicted molar refractivity (Wildman–Crippen MR) is 133 cm³/mol. The van der Waals surface area contributed by atoms with Crippen molar-refractivity contribution >= 4 is 38.7 Å². The zero-order valence-electron chi connectivity index (χ0n) is 18.2. The number of ether oxygens (including phenoxy) is 1. The molecule has 1 atom stereocenters. The summed E-state index contributed by atoms with van der Waals surface area (Å²) in [6.45, 7) is 4.93. The van der Waals surface area contributed by atoms with Crippen molar-refractivity contribution in [1.29, 1.82) is 0 Å². The molecule has 1 aromatic heterocycles. The fourth-order valence-corrected chi connectivity index (χ4v) is 4.19. The number of rotatable bonds is 8. The van der Waals surface area contributed by atoms with Crippen molar-refractivity contribution in [3.63, 3.8) is 0 Å². The second-order valence-corrected chi connectivity index (χ2v) is 8.75. The average molecular weight is 443 g/mol. The van der Waals surface area contributed by atoms with Gasteiger partial charge in [0.25, 0.3) is 0 Å². The highest BCUT2D eigenvalue weighted by atomic mass is 32.1. The van der Waals surface area contributed by atoms with Crippen molar-refractivity contribution in [3.05, 3.63) is 95.6 Å². The molecule has 0 bridgehead atoms. The molecule has 0 fully saturated rings. The lowest BCUT2D eigenvalue weighted by molar-refractivity contribution is -0.111. The van der Waals surface area contributed by atoms with E-state index in [1.807, 2.05) is 60.7 Å². The topological polar surface area (TPSA) is 51.2 Å². The van der Waals surface area contributed by atoms with Crippen molar-refractivity contribution in [2.75, 3.05) is 5.32 Å². The van der Waals surface area contributed by atoms with E-state index in [2.05, 4.69) is 36.3 Å². The standard InChI is InChI=1S/C27H26N2O2S/c1-3-19(2)22-12-15-24-25(17-22)32-27(28-24)29-26(30)16-11-20-9-13-23(14-10-20)31-18-21-7-5-4-6-8-21/h4-17,19H,3,18H2,1-2H3,(H,28,29,30)/b16-11+. The molecular formula is C27H26N2O2S. The fraction of sp³-hybridized carbons (Fsp3) is 0.185. The van der Waals surface area contributed by atoms with Gasteiger partial charge in [0.15, 0.2) is 5.13 Å². The maximum atomic E-state index is 12.4. The van der Waals surface area contributed by atoms with Gasteiger partial charge >= 0.3 is 0 Å². The van der Waals surface area contributed by atoms with Crippen molar-refractivity contribution in [3.8, 4) is 5.75 Å². The van der Waals surface area contributed by atoms with Crippen LogP contribution in [-0.4, -0.2) is 10.9 Å². The number of amides is 1. The van der Waals surface area contributed by atoms with Crippen LogP contribution < -0.4 is 10.1 Å². The lowest BCUT2D eigenvalue weighted by Gasteiger charge is -2.07. The van der Waals surface area contributed by atoms with Crippen LogP contribution in [0.25, 0.3) is 16.3 Å². The number of anilines is 1. The number of carbonyl (C=O) groups excluding carboxylic acids is 1. The Labute approximate surface area is 192 Å². The van der Waals surface area contributed by atoms with Gasteiger partial charge in [-0.25, -0.2) is 4.98 Å². The van der Waals surface area contributed by atoms with Crippen LogP contribution in [0.15, 0.2) is 78.9 Å². The van der Waals surface area contributed by atoms with E-state index in [0.717, 1.165) is 33.5 Å². The Balaban J connectivity index is 1.34. The largest absolute Gasteiger partial charge is 0.489 e. The van der Waals surface area contributed by atoms with E-state index < -0.39 is 0 Å². The Kier molecular flexibility index (Phi) is 6.97. The van der Waals surface area contributed by atoms with Crippen molar-refractivity contribution in [2.24, 2.45) is 0 Å². The summed E-state index contributed by atoms with van der Waals surface area (Å²) in [7, 11) is 0. The van der Waals surface area contributed by atoms with E-state index in [0.29, 0.717) is 17.7 Å². The molecule has 162 valence electrons. The van der Waals surface area contributed by atoms with Gasteiger partial charge in [0.2, 0.25) is 5.91 Å². The Hall–Kier alpha value is -3.44. The van der Waals surface area contributed by atoms with Crippen LogP contribution in [0.1, 0.15) is 42.9 Å². The van der Waals surface area contributed by atoms with Crippen molar-refractivity contribution in [2.45, 2.75) is 32.8 Å². The maximum Gasteiger partial charge on any atom is 0.250 e. The molecule has 0 radical (unpaired) electrons. The average Bonchev–Trinajstić information content (AvgIpc) is 3.23. The van der Waals surface area contributed by atoms with Gasteiger partial charge < -0.3 is 4.74 Å². The number of aromatic nitrogens is 1. The minimum Gasteiger partial charge on any atom is -0.489 e. The second kappa shape index (κ2) is 10.2. The summed E-state index contributed by atoms with van der Waals surface area (Å²) in [4.78, 5) is 16.9. The molecule has 3 aromatic carbocycles. The van der Waals surface area contributed by atoms with Crippen LogP contribution in [0.4, 0.5) is 5.13 Å². The highest BCUT2D eigenvalue weighted by molar-refractivity contribution is 7.22. The van der Waals surface area contributed by atoms with Crippen LogP contribution in [0.2, 0.25) is 0 Å². The molecule has 1 unspecified atom stereocenters. The summed E-state index contributed by atoms with van der Waals surface area (Å²) >= 11 is 1.50. The number of hydrogen-bond acceptors (Lipinski definition) is 4. The highest BCUT2D eigenvalue weighted by Crippen LogP contribution is 2.30. The number of nitrogens with one attached hydrogen (secondary N) is 1. The molecule has 4 aromatic rings. The third-order valence-corrected chi connectivity index (χ3v) is 6.31. The van der Waals surface area contributed by atoms with Gasteiger partial charge in [-0.1, -0.05) is 73.7 Å². The minimum atomic E-state index is -0.199. The van der Waals surface area contributed by atoms with Crippen LogP contribution >= 0.6 is 11.3 Å². The number of nitrogens with zero attached hydrogens (tertiary/aromatic N) is 1. The monoisotopic (exact) mass is 442 g/mol. The lowest BCUT2D eigenvalue weighted by atomic mass is 9.99. The van der Waals surface area contributed by atoms with Crippen LogP contribution in [0.3, 0.4) is 0 Å². The quantitative estimate of drug-likeness (QED) is 0.298. The molecule has 1 N–H and O–H groups in total. The molecule has 4 nitrogen and oxygen atoms in total. The third-order valence-electron chi connectivity index (χ3n) is 5.38. The first-order chi connectivity index (χ1) is 15.6. The Morgan fingerprint density at radius 3 is 2.62 bits per heavy atom. The van der Waals surface area contributed by atoms with E-state index in [9.17, 15) is 4.79 Å². The van der Waals surface area contributed by atoms with Gasteiger partial charge in [0, 0.05) is 6.08 Å². The summed E-state index contributed by atoms with van der Waals surface area (Å²) in [5.74, 6) is 1.11. The molecule has 0 aliphatic carbocycles. The first kappa shape index (κ1) is 21.8. The third kappa shape index (κ3) is 5.62. The van der Waals surface area contributed by atoms with Gasteiger partial charge in [0.1, 0.15) is 12.4 Å². The first-order valence-corrected chi connectivity index (χ1v) is 11.6. The highest BCUT2D eigenvalue weighted by Gasteiger charge is 2.09. The zero-order chi connectivity index (χ0) is 22.3. The second-order valence-electron chi connectivity index (χ2n) is 7.72. The normalized spacial score (nSPS) is 12.2. The van der Waals surface area contributed by atoms with E-state index in [4.69, 9.17) is 4.74 Å². The summed E-state index contributed by atoms with van der Waals surface area (Å²) in [6.07, 6.45) is 4.40. The molecule has 1 amide bonds. The van der Waals surface area contributed by atoms with Gasteiger partial charge in [-0.3, -0.25) is 10.1 Å². The van der Waals surface area contributed by atoms with E-state index in [-0.39, 0.29) is 5.91 Å². The Morgan fingerprint density at radius 2 is 1.88 bits per heavy atom. The van der Waals surface area contributed by atoms with Crippen molar-refractivity contribution < 1.29 is 9.53 Å². The molecule has 0 aliphatic heterocycles. The summed E-state index contributed by atoms with van der Waals surface area (Å²) in [6, 6.07) is 24.0. The first-order valence-electron chi connectivity index (χ1n) is 10.8. The lowest BCUT2D eigenvalue weighted by Crippen LogP contribution is -2.07. The minimum absolute atomic E-state index is 0.199. The molecule has 32 heavy (non-hydrogen) atoms. The molecule has 5 heteroatoms. The Morgan fingerprint density at radius 1 is 1.09 bits per heavy atom. The summed E-state index contributed by atoms with van der Waals surface area (Å²) in [5, 5.41) is 3.48. The van der Waals surface area contributed by atoms with E-state index >= 15 is 0 Å². The predicted octanol–water partition coefficient (Wildman–Crippen LogP) is 7.04. The van der Waals surface area contributed by atoms with Gasteiger partial charge in [-0.15, -0.1) is 0 Å². The maximum absolute atomic E-state index is 12.4. The van der Waals surface area contributed by atoms with Crippen molar-refractivity contribution in [1.82, 2.24) is 4.98 Å². The zero-order valence-corrected chi connectivity index (χ0v) is 19.1. The number of hydrogen-bond donors (Lipinski definition) is 1. The molecule has 0 spiro atoms. The smallest absolute Gasteiger partial charge is 0.250 e. The number of benzene rings is 3.